The van der Waals surface area contributed by atoms with Gasteiger partial charge < -0.3 is 9.72 Å². The molecule has 1 fully saturated rings. The molecule has 1 aliphatic rings. The van der Waals surface area contributed by atoms with Gasteiger partial charge in [0.2, 0.25) is 0 Å². The first-order valence-corrected chi connectivity index (χ1v) is 7.85. The summed E-state index contributed by atoms with van der Waals surface area (Å²) in [6.07, 6.45) is 5.35. The first-order valence-electron chi connectivity index (χ1n) is 7.85. The molecule has 1 N–H and O–H groups in total. The lowest BCUT2D eigenvalue weighted by Crippen LogP contribution is -2.66. The number of imidazole rings is 1. The lowest BCUT2D eigenvalue weighted by Gasteiger charge is -2.50. The van der Waals surface area contributed by atoms with Crippen LogP contribution in [0.25, 0.3) is 5.65 Å². The predicted octanol–water partition coefficient (Wildman–Crippen LogP) is 2.69. The van der Waals surface area contributed by atoms with E-state index in [1.807, 2.05) is 12.1 Å². The lowest BCUT2D eigenvalue weighted by atomic mass is 9.88. The van der Waals surface area contributed by atoms with Gasteiger partial charge in [0.05, 0.1) is 5.69 Å². The van der Waals surface area contributed by atoms with Crippen molar-refractivity contribution in [2.75, 3.05) is 13.1 Å². The number of hydrogen-bond donors (Lipinski definition) is 1. The molecule has 114 valence electrons. The number of nitrogens with one attached hydrogen (secondary N) is 1. The van der Waals surface area contributed by atoms with Crippen LogP contribution >= 0.6 is 0 Å². The average molecular weight is 286 g/mol. The Kier molecular flexibility index (Phi) is 3.54. The van der Waals surface area contributed by atoms with E-state index in [1.54, 1.807) is 0 Å². The number of hydrogen-bond acceptors (Lipinski definition) is 3. The highest BCUT2D eigenvalue weighted by atomic mass is 15.3. The second-order valence-corrected chi connectivity index (χ2v) is 7.13. The zero-order valence-corrected chi connectivity index (χ0v) is 13.6. The molecule has 0 amide bonds. The van der Waals surface area contributed by atoms with E-state index in [9.17, 15) is 0 Å². The molecule has 0 spiro atoms. The van der Waals surface area contributed by atoms with Gasteiger partial charge in [-0.05, 0) is 39.3 Å². The van der Waals surface area contributed by atoms with Crippen LogP contribution in [-0.4, -0.2) is 38.5 Å². The second-order valence-electron chi connectivity index (χ2n) is 7.13. The van der Waals surface area contributed by atoms with Crippen LogP contribution < -0.4 is 5.32 Å². The van der Waals surface area contributed by atoms with Gasteiger partial charge in [-0.3, -0.25) is 4.90 Å². The molecule has 3 rings (SSSR count). The third kappa shape index (κ3) is 2.83. The van der Waals surface area contributed by atoms with E-state index in [0.29, 0.717) is 0 Å². The number of pyridine rings is 1. The number of aromatic nitrogens is 2. The Bertz CT molecular complexity index is 598. The van der Waals surface area contributed by atoms with Gasteiger partial charge in [-0.1, -0.05) is 13.0 Å². The molecular weight excluding hydrogens is 260 g/mol. The largest absolute Gasteiger partial charge is 0.308 e. The quantitative estimate of drug-likeness (QED) is 0.941. The van der Waals surface area contributed by atoms with Gasteiger partial charge in [-0.2, -0.15) is 0 Å². The fourth-order valence-corrected chi connectivity index (χ4v) is 3.00. The van der Waals surface area contributed by atoms with Crippen LogP contribution in [0.1, 0.15) is 39.8 Å². The van der Waals surface area contributed by atoms with Gasteiger partial charge in [0.15, 0.2) is 0 Å². The molecule has 0 saturated carbocycles. The monoisotopic (exact) mass is 286 g/mol. The third-order valence-electron chi connectivity index (χ3n) is 4.89. The van der Waals surface area contributed by atoms with Gasteiger partial charge >= 0.3 is 0 Å². The molecule has 2 aromatic heterocycles. The van der Waals surface area contributed by atoms with E-state index in [0.717, 1.165) is 37.4 Å². The van der Waals surface area contributed by atoms with Crippen LogP contribution in [0.15, 0.2) is 30.6 Å². The standard InChI is InChI=1S/C17H26N4/c1-5-17(4)13-21(16(2,3)12-18-17)11-14-10-20-9-7-6-8-15(20)19-14/h6-10,18H,5,11-13H2,1-4H3. The van der Waals surface area contributed by atoms with Crippen molar-refractivity contribution in [1.82, 2.24) is 19.6 Å². The summed E-state index contributed by atoms with van der Waals surface area (Å²) < 4.78 is 2.10. The highest BCUT2D eigenvalue weighted by Crippen LogP contribution is 2.27. The Labute approximate surface area is 127 Å². The van der Waals surface area contributed by atoms with Crippen molar-refractivity contribution >= 4 is 5.65 Å². The van der Waals surface area contributed by atoms with Gasteiger partial charge in [0.25, 0.3) is 0 Å². The fraction of sp³-hybridized carbons (Fsp3) is 0.588. The van der Waals surface area contributed by atoms with E-state index < -0.39 is 0 Å². The van der Waals surface area contributed by atoms with Gasteiger partial charge in [-0.15, -0.1) is 0 Å². The summed E-state index contributed by atoms with van der Waals surface area (Å²) in [6, 6.07) is 6.14. The normalized spacial score (nSPS) is 26.3. The van der Waals surface area contributed by atoms with Crippen molar-refractivity contribution in [3.05, 3.63) is 36.3 Å². The number of rotatable bonds is 3. The maximum atomic E-state index is 4.75. The minimum Gasteiger partial charge on any atom is -0.308 e. The van der Waals surface area contributed by atoms with Gasteiger partial charge in [0.1, 0.15) is 5.65 Å². The molecule has 1 saturated heterocycles. The Morgan fingerprint density at radius 2 is 2.10 bits per heavy atom. The second kappa shape index (κ2) is 5.11. The zero-order chi connectivity index (χ0) is 15.1. The maximum absolute atomic E-state index is 4.75. The fourth-order valence-electron chi connectivity index (χ4n) is 3.00. The first-order chi connectivity index (χ1) is 9.92. The Hall–Kier alpha value is -1.39. The maximum Gasteiger partial charge on any atom is 0.137 e. The Balaban J connectivity index is 1.83. The number of piperazine rings is 1. The van der Waals surface area contributed by atoms with Gasteiger partial charge in [-0.25, -0.2) is 4.98 Å². The van der Waals surface area contributed by atoms with E-state index in [-0.39, 0.29) is 11.1 Å². The Morgan fingerprint density at radius 3 is 2.81 bits per heavy atom. The molecule has 21 heavy (non-hydrogen) atoms. The third-order valence-corrected chi connectivity index (χ3v) is 4.89. The van der Waals surface area contributed by atoms with E-state index in [4.69, 9.17) is 4.98 Å². The van der Waals surface area contributed by atoms with Crippen LogP contribution in [0.4, 0.5) is 0 Å². The highest BCUT2D eigenvalue weighted by molar-refractivity contribution is 5.39. The molecule has 0 bridgehead atoms. The summed E-state index contributed by atoms with van der Waals surface area (Å²) in [5.74, 6) is 0. The molecule has 0 radical (unpaired) electrons. The van der Waals surface area contributed by atoms with Crippen molar-refractivity contribution in [2.24, 2.45) is 0 Å². The zero-order valence-electron chi connectivity index (χ0n) is 13.6. The molecule has 4 heteroatoms. The van der Waals surface area contributed by atoms with Crippen LogP contribution in [0.3, 0.4) is 0 Å². The minimum absolute atomic E-state index is 0.157. The first kappa shape index (κ1) is 14.5. The SMILES string of the molecule is CCC1(C)CN(Cc2cn3ccccc3n2)C(C)(C)CN1. The number of nitrogens with zero attached hydrogens (tertiary/aromatic N) is 3. The molecular formula is C17H26N4. The molecule has 1 aliphatic heterocycles. The van der Waals surface area contributed by atoms with Gasteiger partial charge in [0, 0.05) is 43.1 Å². The topological polar surface area (TPSA) is 32.6 Å². The van der Waals surface area contributed by atoms with E-state index in [1.165, 1.54) is 0 Å². The van der Waals surface area contributed by atoms with Crippen molar-refractivity contribution in [1.29, 1.82) is 0 Å². The van der Waals surface area contributed by atoms with E-state index >= 15 is 0 Å². The Morgan fingerprint density at radius 1 is 1.29 bits per heavy atom. The number of fused-ring (bicyclic) bond motifs is 1. The van der Waals surface area contributed by atoms with E-state index in [2.05, 4.69) is 60.8 Å². The average Bonchev–Trinajstić information content (AvgIpc) is 2.86. The summed E-state index contributed by atoms with van der Waals surface area (Å²) in [5.41, 5.74) is 2.53. The van der Waals surface area contributed by atoms with Crippen LogP contribution in [0.2, 0.25) is 0 Å². The molecule has 1 unspecified atom stereocenters. The molecule has 0 aromatic carbocycles. The van der Waals surface area contributed by atoms with Crippen molar-refractivity contribution in [3.8, 4) is 0 Å². The summed E-state index contributed by atoms with van der Waals surface area (Å²) >= 11 is 0. The molecule has 4 nitrogen and oxygen atoms in total. The van der Waals surface area contributed by atoms with Crippen LogP contribution in [0.5, 0.6) is 0 Å². The lowest BCUT2D eigenvalue weighted by molar-refractivity contribution is 0.0238. The summed E-state index contributed by atoms with van der Waals surface area (Å²) in [7, 11) is 0. The van der Waals surface area contributed by atoms with Crippen molar-refractivity contribution in [2.45, 2.75) is 51.7 Å². The van der Waals surface area contributed by atoms with Crippen LogP contribution in [-0.2, 0) is 6.54 Å². The predicted molar refractivity (Wildman–Crippen MR) is 86.4 cm³/mol. The summed E-state index contributed by atoms with van der Waals surface area (Å²) in [4.78, 5) is 7.31. The van der Waals surface area contributed by atoms with Crippen molar-refractivity contribution < 1.29 is 0 Å². The molecule has 2 aromatic rings. The molecule has 3 heterocycles. The highest BCUT2D eigenvalue weighted by Gasteiger charge is 2.39. The molecule has 1 atom stereocenters. The van der Waals surface area contributed by atoms with Crippen molar-refractivity contribution in [3.63, 3.8) is 0 Å². The summed E-state index contributed by atoms with van der Waals surface area (Å²) in [5, 5.41) is 3.71. The smallest absolute Gasteiger partial charge is 0.137 e. The minimum atomic E-state index is 0.157. The summed E-state index contributed by atoms with van der Waals surface area (Å²) in [6.45, 7) is 12.2. The van der Waals surface area contributed by atoms with Crippen LogP contribution in [0, 0.1) is 0 Å². The molecule has 0 aliphatic carbocycles.